The van der Waals surface area contributed by atoms with Gasteiger partial charge in [-0.2, -0.15) is 0 Å². The van der Waals surface area contributed by atoms with E-state index in [0.717, 1.165) is 37.8 Å². The highest BCUT2D eigenvalue weighted by Gasteiger charge is 2.53. The molecular weight excluding hydrogens is 300 g/mol. The van der Waals surface area contributed by atoms with Gasteiger partial charge >= 0.3 is 0 Å². The van der Waals surface area contributed by atoms with E-state index in [1.165, 1.54) is 32.1 Å². The van der Waals surface area contributed by atoms with Gasteiger partial charge in [0.05, 0.1) is 0 Å². The molecule has 5 heteroatoms. The van der Waals surface area contributed by atoms with Crippen molar-refractivity contribution in [2.24, 2.45) is 17.3 Å². The summed E-state index contributed by atoms with van der Waals surface area (Å²) in [6.07, 6.45) is 10.0. The van der Waals surface area contributed by atoms with E-state index in [9.17, 15) is 4.79 Å². The number of carbonyl (C=O) groups excluding carboxylic acids is 1. The van der Waals surface area contributed by atoms with E-state index in [-0.39, 0.29) is 5.41 Å². The van der Waals surface area contributed by atoms with Gasteiger partial charge in [-0.3, -0.25) is 4.79 Å². The fourth-order valence-electron chi connectivity index (χ4n) is 4.48. The molecule has 132 valence electrons. The lowest BCUT2D eigenvalue weighted by Crippen LogP contribution is -2.38. The molecule has 5 nitrogen and oxygen atoms in total. The minimum Gasteiger partial charge on any atom is -0.341 e. The zero-order valence-electron chi connectivity index (χ0n) is 15.1. The van der Waals surface area contributed by atoms with Gasteiger partial charge in [0.2, 0.25) is 5.91 Å². The van der Waals surface area contributed by atoms with E-state index >= 15 is 0 Å². The SMILES string of the molecule is CC(C)CCC(=O)N1CC(c2nncn2CC2CC2)C2(CCC2)C1. The Morgan fingerprint density at radius 3 is 2.79 bits per heavy atom. The molecule has 2 heterocycles. The van der Waals surface area contributed by atoms with Crippen LogP contribution in [0.25, 0.3) is 0 Å². The molecule has 1 saturated heterocycles. The summed E-state index contributed by atoms with van der Waals surface area (Å²) in [6, 6.07) is 0. The maximum Gasteiger partial charge on any atom is 0.222 e. The highest BCUT2D eigenvalue weighted by molar-refractivity contribution is 5.76. The van der Waals surface area contributed by atoms with Crippen molar-refractivity contribution >= 4 is 5.91 Å². The van der Waals surface area contributed by atoms with Crippen LogP contribution in [0.5, 0.6) is 0 Å². The van der Waals surface area contributed by atoms with Gasteiger partial charge < -0.3 is 9.47 Å². The molecule has 0 N–H and O–H groups in total. The van der Waals surface area contributed by atoms with E-state index in [4.69, 9.17) is 0 Å². The minimum atomic E-state index is 0.280. The Kier molecular flexibility index (Phi) is 4.13. The standard InChI is InChI=1S/C19H30N4O/c1-14(2)4-7-17(24)22-11-16(19(12-22)8-3-9-19)18-21-20-13-23(18)10-15-5-6-15/h13-16H,3-12H2,1-2H3. The van der Waals surface area contributed by atoms with Crippen LogP contribution in [0.15, 0.2) is 6.33 Å². The average molecular weight is 330 g/mol. The maximum atomic E-state index is 12.6. The maximum absolute atomic E-state index is 12.6. The lowest BCUT2D eigenvalue weighted by atomic mass is 9.62. The number of hydrogen-bond acceptors (Lipinski definition) is 3. The largest absolute Gasteiger partial charge is 0.341 e. The number of aromatic nitrogens is 3. The van der Waals surface area contributed by atoms with Crippen LogP contribution in [-0.4, -0.2) is 38.7 Å². The van der Waals surface area contributed by atoms with Gasteiger partial charge in [0.1, 0.15) is 12.2 Å². The molecule has 1 aromatic heterocycles. The molecule has 1 unspecified atom stereocenters. The first-order valence-electron chi connectivity index (χ1n) is 9.73. The number of amides is 1. The molecule has 1 atom stereocenters. The first-order valence-corrected chi connectivity index (χ1v) is 9.73. The topological polar surface area (TPSA) is 51.0 Å². The van der Waals surface area contributed by atoms with Crippen LogP contribution >= 0.6 is 0 Å². The minimum absolute atomic E-state index is 0.280. The van der Waals surface area contributed by atoms with Crippen molar-refractivity contribution in [2.45, 2.75) is 71.3 Å². The van der Waals surface area contributed by atoms with Crippen molar-refractivity contribution in [1.82, 2.24) is 19.7 Å². The Labute approximate surface area is 144 Å². The average Bonchev–Trinajstić information content (AvgIpc) is 3.06. The molecule has 2 aliphatic carbocycles. The van der Waals surface area contributed by atoms with Crippen LogP contribution in [0.2, 0.25) is 0 Å². The van der Waals surface area contributed by atoms with E-state index in [1.54, 1.807) is 0 Å². The molecular formula is C19H30N4O. The highest BCUT2D eigenvalue weighted by Crippen LogP contribution is 2.55. The summed E-state index contributed by atoms with van der Waals surface area (Å²) in [5.74, 6) is 3.27. The second-order valence-corrected chi connectivity index (χ2v) is 8.76. The van der Waals surface area contributed by atoms with Gasteiger partial charge in [0.15, 0.2) is 0 Å². The van der Waals surface area contributed by atoms with Gasteiger partial charge in [-0.05, 0) is 49.4 Å². The zero-order valence-corrected chi connectivity index (χ0v) is 15.1. The van der Waals surface area contributed by atoms with Gasteiger partial charge in [-0.15, -0.1) is 10.2 Å². The van der Waals surface area contributed by atoms with E-state index in [1.807, 2.05) is 6.33 Å². The third-order valence-electron chi connectivity index (χ3n) is 6.39. The van der Waals surface area contributed by atoms with Crippen LogP contribution in [-0.2, 0) is 11.3 Å². The van der Waals surface area contributed by atoms with Crippen molar-refractivity contribution in [1.29, 1.82) is 0 Å². The molecule has 3 aliphatic rings. The van der Waals surface area contributed by atoms with Crippen molar-refractivity contribution in [2.75, 3.05) is 13.1 Å². The molecule has 0 bridgehead atoms. The summed E-state index contributed by atoms with van der Waals surface area (Å²) in [6.45, 7) is 7.23. The Bertz CT molecular complexity index is 600. The molecule has 1 aromatic rings. The molecule has 0 radical (unpaired) electrons. The third-order valence-corrected chi connectivity index (χ3v) is 6.39. The predicted molar refractivity (Wildman–Crippen MR) is 92.4 cm³/mol. The normalized spacial score (nSPS) is 25.5. The van der Waals surface area contributed by atoms with Crippen molar-refractivity contribution < 1.29 is 4.79 Å². The molecule has 1 aliphatic heterocycles. The summed E-state index contributed by atoms with van der Waals surface area (Å²) >= 11 is 0. The Morgan fingerprint density at radius 2 is 2.17 bits per heavy atom. The summed E-state index contributed by atoms with van der Waals surface area (Å²) in [7, 11) is 0. The monoisotopic (exact) mass is 330 g/mol. The quantitative estimate of drug-likeness (QED) is 0.805. The summed E-state index contributed by atoms with van der Waals surface area (Å²) in [4.78, 5) is 14.8. The van der Waals surface area contributed by atoms with Crippen LogP contribution < -0.4 is 0 Å². The fourth-order valence-corrected chi connectivity index (χ4v) is 4.48. The Hall–Kier alpha value is -1.39. The van der Waals surface area contributed by atoms with Gasteiger partial charge in [0.25, 0.3) is 0 Å². The smallest absolute Gasteiger partial charge is 0.222 e. The second kappa shape index (κ2) is 6.16. The predicted octanol–water partition coefficient (Wildman–Crippen LogP) is 3.22. The molecule has 1 amide bonds. The van der Waals surface area contributed by atoms with E-state index in [0.29, 0.717) is 24.2 Å². The number of nitrogens with zero attached hydrogens (tertiary/aromatic N) is 4. The Morgan fingerprint density at radius 1 is 1.38 bits per heavy atom. The second-order valence-electron chi connectivity index (χ2n) is 8.76. The fraction of sp³-hybridized carbons (Fsp3) is 0.842. The van der Waals surface area contributed by atoms with Gasteiger partial charge in [0, 0.05) is 32.0 Å². The number of likely N-dealkylation sites (tertiary alicyclic amines) is 1. The van der Waals surface area contributed by atoms with Crippen LogP contribution in [0, 0.1) is 17.3 Å². The summed E-state index contributed by atoms with van der Waals surface area (Å²) < 4.78 is 2.28. The van der Waals surface area contributed by atoms with Crippen molar-refractivity contribution in [3.05, 3.63) is 12.2 Å². The summed E-state index contributed by atoms with van der Waals surface area (Å²) in [5.41, 5.74) is 0.280. The third kappa shape index (κ3) is 2.98. The van der Waals surface area contributed by atoms with E-state index < -0.39 is 0 Å². The number of hydrogen-bond donors (Lipinski definition) is 0. The van der Waals surface area contributed by atoms with Crippen LogP contribution in [0.3, 0.4) is 0 Å². The zero-order chi connectivity index (χ0) is 16.7. The lowest BCUT2D eigenvalue weighted by molar-refractivity contribution is -0.131. The lowest BCUT2D eigenvalue weighted by Gasteiger charge is -2.42. The molecule has 3 fully saturated rings. The number of carbonyl (C=O) groups is 1. The van der Waals surface area contributed by atoms with E-state index in [2.05, 4.69) is 33.5 Å². The first-order chi connectivity index (χ1) is 11.6. The van der Waals surface area contributed by atoms with Crippen LogP contribution in [0.4, 0.5) is 0 Å². The molecule has 4 rings (SSSR count). The van der Waals surface area contributed by atoms with Crippen molar-refractivity contribution in [3.8, 4) is 0 Å². The van der Waals surface area contributed by atoms with Crippen LogP contribution in [0.1, 0.15) is 70.5 Å². The summed E-state index contributed by atoms with van der Waals surface area (Å²) in [5, 5.41) is 8.71. The van der Waals surface area contributed by atoms with Crippen molar-refractivity contribution in [3.63, 3.8) is 0 Å². The van der Waals surface area contributed by atoms with Gasteiger partial charge in [-0.25, -0.2) is 0 Å². The molecule has 1 spiro atoms. The Balaban J connectivity index is 1.50. The first kappa shape index (κ1) is 16.1. The molecule has 0 aromatic carbocycles. The highest BCUT2D eigenvalue weighted by atomic mass is 16.2. The molecule has 24 heavy (non-hydrogen) atoms. The number of rotatable bonds is 6. The van der Waals surface area contributed by atoms with Gasteiger partial charge in [-0.1, -0.05) is 20.3 Å². The molecule has 2 saturated carbocycles.